The summed E-state index contributed by atoms with van der Waals surface area (Å²) < 4.78 is 15.9. The van der Waals surface area contributed by atoms with Gasteiger partial charge in [0, 0.05) is 39.3 Å². The van der Waals surface area contributed by atoms with Crippen molar-refractivity contribution in [3.63, 3.8) is 0 Å². The maximum Gasteiger partial charge on any atom is 0.307 e. The van der Waals surface area contributed by atoms with Crippen LogP contribution in [0.3, 0.4) is 0 Å². The Morgan fingerprint density at radius 3 is 1.51 bits per heavy atom. The summed E-state index contributed by atoms with van der Waals surface area (Å²) in [5.41, 5.74) is 2.70. The summed E-state index contributed by atoms with van der Waals surface area (Å²) in [6.45, 7) is 6.95. The molecule has 1 N–H and O–H groups in total. The molecule has 8 heteroatoms. The normalized spacial score (nSPS) is 17.3. The molecule has 2 aromatic carbocycles. The zero-order valence-electron chi connectivity index (χ0n) is 23.2. The predicted octanol–water partition coefficient (Wildman–Crippen LogP) is 4.37. The SMILES string of the molecule is COC(=O)CCOC1CCN(Cc2ccccc2)CC1.O=C(O)CCOC1CCN(Cc2ccccc2)CC1. The molecule has 0 aliphatic carbocycles. The van der Waals surface area contributed by atoms with Gasteiger partial charge in [-0.3, -0.25) is 19.4 Å². The number of benzene rings is 2. The molecule has 2 saturated heterocycles. The van der Waals surface area contributed by atoms with Crippen LogP contribution in [0.1, 0.15) is 49.7 Å². The number of carboxylic acids is 1. The van der Waals surface area contributed by atoms with Gasteiger partial charge < -0.3 is 19.3 Å². The molecule has 2 heterocycles. The summed E-state index contributed by atoms with van der Waals surface area (Å²) in [4.78, 5) is 26.3. The van der Waals surface area contributed by atoms with Gasteiger partial charge in [-0.05, 0) is 36.8 Å². The van der Waals surface area contributed by atoms with Crippen molar-refractivity contribution < 1.29 is 28.9 Å². The lowest BCUT2D eigenvalue weighted by Gasteiger charge is -2.31. The molecule has 0 unspecified atom stereocenters. The Kier molecular flexibility index (Phi) is 14.0. The Hall–Kier alpha value is -2.78. The molecule has 4 rings (SSSR count). The van der Waals surface area contributed by atoms with Gasteiger partial charge in [-0.2, -0.15) is 0 Å². The molecule has 0 bridgehead atoms. The molecule has 0 radical (unpaired) electrons. The number of carbonyl (C=O) groups is 2. The van der Waals surface area contributed by atoms with E-state index < -0.39 is 5.97 Å². The van der Waals surface area contributed by atoms with Gasteiger partial charge in [0.1, 0.15) is 0 Å². The molecule has 2 aromatic rings. The molecule has 0 aromatic heterocycles. The minimum Gasteiger partial charge on any atom is -0.481 e. The molecule has 2 fully saturated rings. The van der Waals surface area contributed by atoms with Gasteiger partial charge in [0.2, 0.25) is 0 Å². The van der Waals surface area contributed by atoms with E-state index in [1.54, 1.807) is 0 Å². The second kappa shape index (κ2) is 17.7. The molecule has 0 saturated carbocycles. The van der Waals surface area contributed by atoms with Gasteiger partial charge in [0.15, 0.2) is 0 Å². The lowest BCUT2D eigenvalue weighted by molar-refractivity contribution is -0.142. The molecular weight excluding hydrogens is 496 g/mol. The maximum absolute atomic E-state index is 11.0. The van der Waals surface area contributed by atoms with Crippen molar-refractivity contribution in [2.45, 2.75) is 63.8 Å². The topological polar surface area (TPSA) is 88.5 Å². The van der Waals surface area contributed by atoms with Crippen molar-refractivity contribution in [3.05, 3.63) is 71.8 Å². The molecule has 2 aliphatic heterocycles. The maximum atomic E-state index is 11.0. The van der Waals surface area contributed by atoms with Crippen molar-refractivity contribution in [2.75, 3.05) is 46.5 Å². The molecule has 8 nitrogen and oxygen atoms in total. The van der Waals surface area contributed by atoms with Crippen LogP contribution in [0.15, 0.2) is 60.7 Å². The summed E-state index contributed by atoms with van der Waals surface area (Å²) in [5.74, 6) is -0.993. The van der Waals surface area contributed by atoms with Crippen molar-refractivity contribution in [1.82, 2.24) is 9.80 Å². The number of hydrogen-bond acceptors (Lipinski definition) is 7. The highest BCUT2D eigenvalue weighted by Crippen LogP contribution is 2.17. The summed E-state index contributed by atoms with van der Waals surface area (Å²) in [7, 11) is 1.41. The van der Waals surface area contributed by atoms with Gasteiger partial charge in [-0.15, -0.1) is 0 Å². The largest absolute Gasteiger partial charge is 0.481 e. The van der Waals surface area contributed by atoms with E-state index in [0.717, 1.165) is 65.0 Å². The number of ether oxygens (including phenoxy) is 3. The van der Waals surface area contributed by atoms with E-state index in [-0.39, 0.29) is 24.6 Å². The first kappa shape index (κ1) is 30.8. The highest BCUT2D eigenvalue weighted by Gasteiger charge is 2.21. The number of methoxy groups -OCH3 is 1. The fourth-order valence-corrected chi connectivity index (χ4v) is 4.88. The number of esters is 1. The molecule has 0 spiro atoms. The minimum atomic E-state index is -0.790. The molecule has 0 amide bonds. The third-order valence-corrected chi connectivity index (χ3v) is 7.12. The third kappa shape index (κ3) is 12.7. The van der Waals surface area contributed by atoms with Gasteiger partial charge in [0.05, 0.1) is 45.4 Å². The van der Waals surface area contributed by atoms with Crippen LogP contribution in [-0.2, 0) is 36.9 Å². The van der Waals surface area contributed by atoms with E-state index in [1.165, 1.54) is 18.2 Å². The van der Waals surface area contributed by atoms with Crippen molar-refractivity contribution in [2.24, 2.45) is 0 Å². The first-order valence-corrected chi connectivity index (χ1v) is 14.1. The zero-order chi connectivity index (χ0) is 27.7. The smallest absolute Gasteiger partial charge is 0.307 e. The second-order valence-electron chi connectivity index (χ2n) is 10.1. The Morgan fingerprint density at radius 2 is 1.13 bits per heavy atom. The number of carbonyl (C=O) groups excluding carboxylic acids is 1. The van der Waals surface area contributed by atoms with E-state index >= 15 is 0 Å². The Morgan fingerprint density at radius 1 is 0.718 bits per heavy atom. The zero-order valence-corrected chi connectivity index (χ0v) is 23.2. The first-order chi connectivity index (χ1) is 19.0. The highest BCUT2D eigenvalue weighted by molar-refractivity contribution is 5.69. The number of piperidine rings is 2. The Labute approximate surface area is 232 Å². The average molecular weight is 541 g/mol. The van der Waals surface area contributed by atoms with Crippen LogP contribution < -0.4 is 0 Å². The Bertz CT molecular complexity index is 942. The number of hydrogen-bond donors (Lipinski definition) is 1. The van der Waals surface area contributed by atoms with E-state index in [2.05, 4.69) is 63.1 Å². The van der Waals surface area contributed by atoms with Gasteiger partial charge in [-0.1, -0.05) is 60.7 Å². The Balaban J connectivity index is 0.000000216. The number of aliphatic carboxylic acids is 1. The number of nitrogens with zero attached hydrogens (tertiary/aromatic N) is 2. The van der Waals surface area contributed by atoms with Crippen LogP contribution in [0.2, 0.25) is 0 Å². The minimum absolute atomic E-state index is 0.101. The number of likely N-dealkylation sites (tertiary alicyclic amines) is 2. The van der Waals surface area contributed by atoms with Gasteiger partial charge in [0.25, 0.3) is 0 Å². The van der Waals surface area contributed by atoms with Gasteiger partial charge in [-0.25, -0.2) is 0 Å². The first-order valence-electron chi connectivity index (χ1n) is 14.1. The van der Waals surface area contributed by atoms with E-state index in [9.17, 15) is 9.59 Å². The van der Waals surface area contributed by atoms with Crippen LogP contribution >= 0.6 is 0 Å². The fraction of sp³-hybridized carbons (Fsp3) is 0.548. The van der Waals surface area contributed by atoms with Crippen molar-refractivity contribution in [1.29, 1.82) is 0 Å². The average Bonchev–Trinajstić information content (AvgIpc) is 2.96. The van der Waals surface area contributed by atoms with Crippen molar-refractivity contribution in [3.8, 4) is 0 Å². The second-order valence-corrected chi connectivity index (χ2v) is 10.1. The third-order valence-electron chi connectivity index (χ3n) is 7.12. The summed E-state index contributed by atoms with van der Waals surface area (Å²) >= 11 is 0. The highest BCUT2D eigenvalue weighted by atomic mass is 16.5. The molecule has 39 heavy (non-hydrogen) atoms. The molecule has 214 valence electrons. The van der Waals surface area contributed by atoms with Gasteiger partial charge >= 0.3 is 11.9 Å². The van der Waals surface area contributed by atoms with Crippen molar-refractivity contribution >= 4 is 11.9 Å². The summed E-state index contributed by atoms with van der Waals surface area (Å²) in [6, 6.07) is 21.0. The standard InChI is InChI=1S/C16H23NO3.C15H21NO3/c1-19-16(18)9-12-20-15-7-10-17(11-8-15)13-14-5-3-2-4-6-14;17-15(18)8-11-19-14-6-9-16(10-7-14)12-13-4-2-1-3-5-13/h2-6,15H,7-13H2,1H3;1-5,14H,6-12H2,(H,17,18). The fourth-order valence-electron chi connectivity index (χ4n) is 4.88. The molecule has 0 atom stereocenters. The lowest BCUT2D eigenvalue weighted by Crippen LogP contribution is -2.36. The molecular formula is C31H44N2O6. The van der Waals surface area contributed by atoms with E-state index in [4.69, 9.17) is 14.6 Å². The van der Waals surface area contributed by atoms with E-state index in [0.29, 0.717) is 19.6 Å². The quantitative estimate of drug-likeness (QED) is 0.397. The summed E-state index contributed by atoms with van der Waals surface area (Å²) in [5, 5.41) is 8.56. The van der Waals surface area contributed by atoms with Crippen LogP contribution in [0.4, 0.5) is 0 Å². The monoisotopic (exact) mass is 540 g/mol. The van der Waals surface area contributed by atoms with Crippen LogP contribution in [-0.4, -0.2) is 85.6 Å². The van der Waals surface area contributed by atoms with Crippen LogP contribution in [0.5, 0.6) is 0 Å². The number of carboxylic acid groups (broad SMARTS) is 1. The lowest BCUT2D eigenvalue weighted by atomic mass is 10.1. The summed E-state index contributed by atoms with van der Waals surface area (Å²) in [6.07, 6.45) is 5.02. The predicted molar refractivity (Wildman–Crippen MR) is 150 cm³/mol. The molecule has 2 aliphatic rings. The van der Waals surface area contributed by atoms with Crippen LogP contribution in [0, 0.1) is 0 Å². The van der Waals surface area contributed by atoms with E-state index in [1.807, 2.05) is 12.1 Å². The number of rotatable bonds is 12. The van der Waals surface area contributed by atoms with Crippen LogP contribution in [0.25, 0.3) is 0 Å².